The second-order valence-corrected chi connectivity index (χ2v) is 5.66. The Morgan fingerprint density at radius 3 is 2.77 bits per heavy atom. The summed E-state index contributed by atoms with van der Waals surface area (Å²) in [6.45, 7) is 5.77. The van der Waals surface area contributed by atoms with Crippen LogP contribution < -0.4 is 5.46 Å². The van der Waals surface area contributed by atoms with Gasteiger partial charge in [0.15, 0.2) is 5.65 Å². The largest absolute Gasteiger partial charge is 0.266 e. The highest BCUT2D eigenvalue weighted by Crippen LogP contribution is 2.26. The van der Waals surface area contributed by atoms with Gasteiger partial charge in [-0.15, -0.1) is 0 Å². The van der Waals surface area contributed by atoms with Gasteiger partial charge in [-0.25, -0.2) is 13.9 Å². The predicted octanol–water partition coefficient (Wildman–Crippen LogP) is 2.55. The molecule has 2 aromatic heterocycles. The average molecular weight is 291 g/mol. The number of imidazole rings is 1. The van der Waals surface area contributed by atoms with Gasteiger partial charge in [-0.1, -0.05) is 11.5 Å². The highest BCUT2D eigenvalue weighted by Gasteiger charge is 2.19. The molecule has 22 heavy (non-hydrogen) atoms. The van der Waals surface area contributed by atoms with Crippen molar-refractivity contribution < 1.29 is 4.39 Å². The first kappa shape index (κ1) is 13.2. The lowest BCUT2D eigenvalue weighted by Crippen LogP contribution is -2.16. The number of nitrogens with zero attached hydrogens (tertiary/aromatic N) is 4. The molecule has 0 unspecified atom stereocenters. The molecule has 0 fully saturated rings. The lowest BCUT2D eigenvalue weighted by atomic mass is 9.67. The van der Waals surface area contributed by atoms with Gasteiger partial charge in [0.05, 0.1) is 23.3 Å². The van der Waals surface area contributed by atoms with Crippen LogP contribution in [0.25, 0.3) is 16.9 Å². The van der Waals surface area contributed by atoms with Crippen LogP contribution in [0.15, 0.2) is 29.4 Å². The molecule has 1 aliphatic heterocycles. The van der Waals surface area contributed by atoms with Crippen LogP contribution in [0.1, 0.15) is 18.2 Å². The fourth-order valence-corrected chi connectivity index (χ4v) is 2.82. The highest BCUT2D eigenvalue weighted by atomic mass is 19.1. The first-order valence-corrected chi connectivity index (χ1v) is 7.09. The second kappa shape index (κ2) is 4.50. The summed E-state index contributed by atoms with van der Waals surface area (Å²) in [7, 11) is 1.88. The molecule has 0 saturated carbocycles. The molecule has 107 valence electrons. The van der Waals surface area contributed by atoms with Gasteiger partial charge in [0.25, 0.3) is 0 Å². The summed E-state index contributed by atoms with van der Waals surface area (Å²) in [5.41, 5.74) is 6.24. The molecule has 0 atom stereocenters. The molecule has 0 saturated heterocycles. The van der Waals surface area contributed by atoms with E-state index in [1.807, 2.05) is 46.4 Å². The molecule has 3 heterocycles. The van der Waals surface area contributed by atoms with E-state index in [2.05, 4.69) is 15.1 Å². The van der Waals surface area contributed by atoms with Crippen LogP contribution in [-0.2, 0) is 0 Å². The zero-order valence-corrected chi connectivity index (χ0v) is 12.6. The number of aliphatic imine (C=N–C) groups is 1. The van der Waals surface area contributed by atoms with Crippen molar-refractivity contribution in [1.82, 2.24) is 14.6 Å². The molecule has 6 heteroatoms. The molecule has 1 aromatic carbocycles. The topological polar surface area (TPSA) is 42.5 Å². The van der Waals surface area contributed by atoms with E-state index in [4.69, 9.17) is 0 Å². The van der Waals surface area contributed by atoms with Gasteiger partial charge in [0, 0.05) is 5.56 Å². The van der Waals surface area contributed by atoms with Crippen LogP contribution in [-0.4, -0.2) is 27.5 Å². The van der Waals surface area contributed by atoms with Crippen LogP contribution in [0, 0.1) is 19.7 Å². The molecular formula is C16H13BFN4. The van der Waals surface area contributed by atoms with E-state index in [1.165, 1.54) is 6.07 Å². The fraction of sp³-hybridized carbons (Fsp3) is 0.188. The maximum Gasteiger partial charge on any atom is 0.213 e. The summed E-state index contributed by atoms with van der Waals surface area (Å²) in [4.78, 5) is 8.64. The molecule has 0 amide bonds. The summed E-state index contributed by atoms with van der Waals surface area (Å²) in [6.07, 6.45) is 1.87. The van der Waals surface area contributed by atoms with E-state index in [9.17, 15) is 4.39 Å². The normalized spacial score (nSPS) is 13.2. The molecule has 4 rings (SSSR count). The number of hydrogen-bond acceptors (Lipinski definition) is 3. The van der Waals surface area contributed by atoms with Crippen LogP contribution >= 0.6 is 0 Å². The first-order valence-electron chi connectivity index (χ1n) is 7.09. The zero-order chi connectivity index (χ0) is 15.4. The molecule has 0 spiro atoms. The minimum atomic E-state index is -0.318. The Hall–Kier alpha value is -2.50. The molecule has 4 nitrogen and oxygen atoms in total. The van der Waals surface area contributed by atoms with E-state index < -0.39 is 0 Å². The number of halogens is 1. The van der Waals surface area contributed by atoms with Gasteiger partial charge in [-0.3, -0.25) is 4.99 Å². The third kappa shape index (κ3) is 1.95. The smallest absolute Gasteiger partial charge is 0.213 e. The highest BCUT2D eigenvalue weighted by molar-refractivity contribution is 6.88. The van der Waals surface area contributed by atoms with E-state index in [0.29, 0.717) is 5.69 Å². The number of aromatic nitrogens is 3. The average Bonchev–Trinajstić information content (AvgIpc) is 3.00. The van der Waals surface area contributed by atoms with Crippen molar-refractivity contribution in [3.05, 3.63) is 41.5 Å². The van der Waals surface area contributed by atoms with Crippen LogP contribution in [0.4, 0.5) is 10.1 Å². The second-order valence-electron chi connectivity index (χ2n) is 5.66. The standard InChI is InChI=1S/C16H13BFN4/c1-8-4-14(21-22-7-9(2)19-16(8)22)11-5-12-15(13(18)6-11)20-10(3)17-12/h4-7H,1-3H3. The SMILES string of the molecule is CC1=Nc2c(F)cc(-c3cc(C)c4nc(C)cn4n3)cc2[B]1. The summed E-state index contributed by atoms with van der Waals surface area (Å²) in [6, 6.07) is 5.35. The summed E-state index contributed by atoms with van der Waals surface area (Å²) >= 11 is 0. The van der Waals surface area contributed by atoms with Crippen LogP contribution in [0.5, 0.6) is 0 Å². The van der Waals surface area contributed by atoms with Crippen molar-refractivity contribution in [2.75, 3.05) is 0 Å². The van der Waals surface area contributed by atoms with Gasteiger partial charge in [0.1, 0.15) is 5.82 Å². The Labute approximate surface area is 128 Å². The van der Waals surface area contributed by atoms with E-state index >= 15 is 0 Å². The van der Waals surface area contributed by atoms with Gasteiger partial charge in [-0.2, -0.15) is 5.10 Å². The predicted molar refractivity (Wildman–Crippen MR) is 86.0 cm³/mol. The Balaban J connectivity index is 1.90. The fourth-order valence-electron chi connectivity index (χ4n) is 2.82. The van der Waals surface area contributed by atoms with Crippen molar-refractivity contribution in [1.29, 1.82) is 0 Å². The van der Waals surface area contributed by atoms with Crippen LogP contribution in [0.2, 0.25) is 0 Å². The number of aryl methyl sites for hydroxylation is 2. The summed E-state index contributed by atoms with van der Waals surface area (Å²) < 4.78 is 16.0. The third-order valence-corrected chi connectivity index (χ3v) is 3.77. The molecule has 1 aliphatic rings. The van der Waals surface area contributed by atoms with Crippen molar-refractivity contribution in [3.63, 3.8) is 0 Å². The Morgan fingerprint density at radius 1 is 1.14 bits per heavy atom. The first-order chi connectivity index (χ1) is 10.5. The van der Waals surface area contributed by atoms with E-state index in [1.54, 1.807) is 4.52 Å². The van der Waals surface area contributed by atoms with Gasteiger partial charge >= 0.3 is 0 Å². The Bertz CT molecular complexity index is 958. The molecule has 0 bridgehead atoms. The molecule has 0 N–H and O–H groups in total. The minimum absolute atomic E-state index is 0.318. The van der Waals surface area contributed by atoms with Crippen molar-refractivity contribution in [2.45, 2.75) is 20.8 Å². The van der Waals surface area contributed by atoms with Crippen molar-refractivity contribution in [3.8, 4) is 11.3 Å². The molecule has 0 aliphatic carbocycles. The minimum Gasteiger partial charge on any atom is -0.266 e. The monoisotopic (exact) mass is 291 g/mol. The third-order valence-electron chi connectivity index (χ3n) is 3.77. The lowest BCUT2D eigenvalue weighted by Gasteiger charge is -2.07. The van der Waals surface area contributed by atoms with Gasteiger partial charge < -0.3 is 0 Å². The Morgan fingerprint density at radius 2 is 1.95 bits per heavy atom. The van der Waals surface area contributed by atoms with Crippen LogP contribution in [0.3, 0.4) is 0 Å². The number of hydrogen-bond donors (Lipinski definition) is 0. The quantitative estimate of drug-likeness (QED) is 0.647. The Kier molecular flexibility index (Phi) is 2.70. The van der Waals surface area contributed by atoms with E-state index in [-0.39, 0.29) is 5.82 Å². The van der Waals surface area contributed by atoms with E-state index in [0.717, 1.165) is 39.2 Å². The van der Waals surface area contributed by atoms with Gasteiger partial charge in [-0.05, 0) is 44.1 Å². The molecule has 3 aromatic rings. The summed E-state index contributed by atoms with van der Waals surface area (Å²) in [5.74, 6) is -0.318. The van der Waals surface area contributed by atoms with Crippen molar-refractivity contribution in [2.24, 2.45) is 4.99 Å². The van der Waals surface area contributed by atoms with Crippen molar-refractivity contribution >= 4 is 29.7 Å². The zero-order valence-electron chi connectivity index (χ0n) is 12.6. The molecule has 1 radical (unpaired) electrons. The maximum absolute atomic E-state index is 14.3. The lowest BCUT2D eigenvalue weighted by molar-refractivity contribution is 0.631. The maximum atomic E-state index is 14.3. The molecular weight excluding hydrogens is 278 g/mol. The number of benzene rings is 1. The number of fused-ring (bicyclic) bond motifs is 2. The van der Waals surface area contributed by atoms with Gasteiger partial charge in [0.2, 0.25) is 7.28 Å². The summed E-state index contributed by atoms with van der Waals surface area (Å²) in [5, 5.41) is 4.55. The number of rotatable bonds is 1.